The number of hydrogen-bond donors (Lipinski definition) is 5. The van der Waals surface area contributed by atoms with Gasteiger partial charge in [-0.25, -0.2) is 0 Å². The maximum atomic E-state index is 12.6. The maximum Gasteiger partial charge on any atom is 0.455 e. The monoisotopic (exact) mass is 370 g/mol. The molecular weight excluding hydrogens is 347 g/mol. The minimum absolute atomic E-state index is 0.0593. The molecule has 0 radical (unpaired) electrons. The average Bonchev–Trinajstić information content (AvgIpc) is 2.65. The molecule has 0 heterocycles. The Hall–Kier alpha value is -2.68. The predicted molar refractivity (Wildman–Crippen MR) is 103 cm³/mol. The van der Waals surface area contributed by atoms with E-state index in [0.717, 1.165) is 5.56 Å². The van der Waals surface area contributed by atoms with Crippen molar-refractivity contribution >= 4 is 18.6 Å². The van der Waals surface area contributed by atoms with Crippen LogP contribution in [0.15, 0.2) is 47.6 Å². The van der Waals surface area contributed by atoms with Gasteiger partial charge in [0.05, 0.1) is 0 Å². The molecule has 0 unspecified atom stereocenters. The van der Waals surface area contributed by atoms with Gasteiger partial charge >= 0.3 is 7.12 Å². The summed E-state index contributed by atoms with van der Waals surface area (Å²) >= 11 is 0. The summed E-state index contributed by atoms with van der Waals surface area (Å²) in [7, 11) is -1.77. The van der Waals surface area contributed by atoms with Crippen LogP contribution in [-0.2, 0) is 17.8 Å². The zero-order valence-electron chi connectivity index (χ0n) is 15.0. The van der Waals surface area contributed by atoms with Crippen LogP contribution < -0.4 is 5.73 Å². The lowest BCUT2D eigenvalue weighted by atomic mass is 9.66. The largest absolute Gasteiger partial charge is 0.507 e. The molecule has 0 amide bonds. The molecule has 2 rings (SSSR count). The first-order valence-corrected chi connectivity index (χ1v) is 8.55. The van der Waals surface area contributed by atoms with Gasteiger partial charge in [-0.1, -0.05) is 47.6 Å². The highest BCUT2D eigenvalue weighted by Crippen LogP contribution is 2.28. The molecule has 0 aliphatic rings. The number of oxime groups is 1. The van der Waals surface area contributed by atoms with Crippen LogP contribution in [0.2, 0.25) is 5.82 Å². The standard InChI is InChI=1S/C19H23BN2O5/c1-12-3-2-4-15(19(12)24)9-16(20(25)26)10-17(23)18(22-27)14-7-5-13(11-21)6-8-14/h2-8,16,24-27H,9-11,21H2,1H3/b22-18-/t16-/m1/s1. The van der Waals surface area contributed by atoms with Gasteiger partial charge in [-0.3, -0.25) is 4.79 Å². The lowest BCUT2D eigenvalue weighted by Gasteiger charge is -2.17. The first-order valence-electron chi connectivity index (χ1n) is 8.55. The van der Waals surface area contributed by atoms with E-state index in [9.17, 15) is 25.2 Å². The Labute approximate surface area is 157 Å². The molecule has 0 saturated carbocycles. The van der Waals surface area contributed by atoms with Crippen molar-refractivity contribution in [3.63, 3.8) is 0 Å². The van der Waals surface area contributed by atoms with Gasteiger partial charge < -0.3 is 26.1 Å². The number of phenolic OH excluding ortho intramolecular Hbond substituents is 1. The van der Waals surface area contributed by atoms with Gasteiger partial charge in [0.25, 0.3) is 0 Å². The van der Waals surface area contributed by atoms with Crippen LogP contribution in [0, 0.1) is 6.92 Å². The van der Waals surface area contributed by atoms with Crippen LogP contribution in [-0.4, -0.2) is 39.0 Å². The summed E-state index contributed by atoms with van der Waals surface area (Å²) < 4.78 is 0. The Morgan fingerprint density at radius 3 is 2.41 bits per heavy atom. The fourth-order valence-corrected chi connectivity index (χ4v) is 2.86. The van der Waals surface area contributed by atoms with E-state index in [-0.39, 0.29) is 24.3 Å². The third-order valence-corrected chi connectivity index (χ3v) is 4.50. The van der Waals surface area contributed by atoms with Crippen molar-refractivity contribution in [3.05, 3.63) is 64.7 Å². The fourth-order valence-electron chi connectivity index (χ4n) is 2.86. The molecule has 0 saturated heterocycles. The molecule has 8 heteroatoms. The first-order chi connectivity index (χ1) is 12.9. The number of para-hydroxylation sites is 1. The van der Waals surface area contributed by atoms with Crippen LogP contribution >= 0.6 is 0 Å². The van der Waals surface area contributed by atoms with Crippen LogP contribution in [0.5, 0.6) is 5.75 Å². The number of nitrogens with two attached hydrogens (primary N) is 1. The van der Waals surface area contributed by atoms with Gasteiger partial charge in [0, 0.05) is 24.3 Å². The highest BCUT2D eigenvalue weighted by Gasteiger charge is 2.29. The lowest BCUT2D eigenvalue weighted by molar-refractivity contribution is -0.113. The predicted octanol–water partition coefficient (Wildman–Crippen LogP) is 1.38. The van der Waals surface area contributed by atoms with E-state index in [2.05, 4.69) is 5.16 Å². The number of benzene rings is 2. The van der Waals surface area contributed by atoms with Gasteiger partial charge in [0.15, 0.2) is 11.5 Å². The summed E-state index contributed by atoms with van der Waals surface area (Å²) in [6.45, 7) is 2.08. The zero-order chi connectivity index (χ0) is 20.0. The number of carbonyl (C=O) groups excluding carboxylic acids is 1. The molecule has 0 fully saturated rings. The number of hydrogen-bond acceptors (Lipinski definition) is 7. The first kappa shape index (κ1) is 20.6. The Morgan fingerprint density at radius 2 is 1.85 bits per heavy atom. The van der Waals surface area contributed by atoms with E-state index >= 15 is 0 Å². The van der Waals surface area contributed by atoms with Crippen molar-refractivity contribution in [1.29, 1.82) is 0 Å². The molecule has 0 spiro atoms. The zero-order valence-corrected chi connectivity index (χ0v) is 15.0. The van der Waals surface area contributed by atoms with Gasteiger partial charge in [0.1, 0.15) is 5.75 Å². The molecule has 0 bridgehead atoms. The van der Waals surface area contributed by atoms with E-state index in [0.29, 0.717) is 23.2 Å². The second-order valence-electron chi connectivity index (χ2n) is 6.44. The van der Waals surface area contributed by atoms with Crippen LogP contribution in [0.3, 0.4) is 0 Å². The van der Waals surface area contributed by atoms with E-state index in [1.165, 1.54) is 0 Å². The third-order valence-electron chi connectivity index (χ3n) is 4.50. The van der Waals surface area contributed by atoms with Crippen molar-refractivity contribution < 1.29 is 25.2 Å². The van der Waals surface area contributed by atoms with Crippen LogP contribution in [0.4, 0.5) is 0 Å². The molecule has 2 aromatic carbocycles. The minimum atomic E-state index is -1.77. The van der Waals surface area contributed by atoms with E-state index < -0.39 is 18.7 Å². The minimum Gasteiger partial charge on any atom is -0.507 e. The lowest BCUT2D eigenvalue weighted by Crippen LogP contribution is -2.27. The summed E-state index contributed by atoms with van der Waals surface area (Å²) in [5.41, 5.74) is 7.81. The summed E-state index contributed by atoms with van der Waals surface area (Å²) in [6, 6.07) is 11.8. The van der Waals surface area contributed by atoms with Crippen molar-refractivity contribution in [2.75, 3.05) is 0 Å². The fraction of sp³-hybridized carbons (Fsp3) is 0.263. The van der Waals surface area contributed by atoms with Crippen molar-refractivity contribution in [3.8, 4) is 5.75 Å². The molecule has 7 nitrogen and oxygen atoms in total. The van der Waals surface area contributed by atoms with E-state index in [1.807, 2.05) is 0 Å². The number of nitrogens with zero attached hydrogens (tertiary/aromatic N) is 1. The molecule has 0 aromatic heterocycles. The van der Waals surface area contributed by atoms with Gasteiger partial charge in [0.2, 0.25) is 0 Å². The van der Waals surface area contributed by atoms with E-state index in [1.54, 1.807) is 49.4 Å². The Balaban J connectivity index is 2.18. The summed E-state index contributed by atoms with van der Waals surface area (Å²) in [5, 5.41) is 41.8. The molecule has 2 aromatic rings. The van der Waals surface area contributed by atoms with Gasteiger partial charge in [-0.2, -0.15) is 0 Å². The molecule has 0 aliphatic carbocycles. The highest BCUT2D eigenvalue weighted by molar-refractivity contribution is 6.49. The van der Waals surface area contributed by atoms with Gasteiger partial charge in [-0.05, 0) is 30.0 Å². The third kappa shape index (κ3) is 5.16. The molecule has 142 valence electrons. The van der Waals surface area contributed by atoms with Crippen LogP contribution in [0.1, 0.15) is 28.7 Å². The second kappa shape index (κ2) is 9.32. The number of aryl methyl sites for hydroxylation is 1. The molecule has 0 aliphatic heterocycles. The number of carbonyl (C=O) groups is 1. The number of aromatic hydroxyl groups is 1. The number of ketones is 1. The second-order valence-corrected chi connectivity index (χ2v) is 6.44. The maximum absolute atomic E-state index is 12.6. The molecule has 27 heavy (non-hydrogen) atoms. The summed E-state index contributed by atoms with van der Waals surface area (Å²) in [5.74, 6) is -1.35. The molecular formula is C19H23BN2O5. The highest BCUT2D eigenvalue weighted by atomic mass is 16.4. The average molecular weight is 370 g/mol. The number of rotatable bonds is 8. The van der Waals surface area contributed by atoms with Crippen molar-refractivity contribution in [2.45, 2.75) is 32.1 Å². The number of phenols is 1. The Kier molecular flexibility index (Phi) is 7.12. The van der Waals surface area contributed by atoms with E-state index in [4.69, 9.17) is 5.73 Å². The van der Waals surface area contributed by atoms with Gasteiger partial charge in [-0.15, -0.1) is 0 Å². The van der Waals surface area contributed by atoms with Crippen LogP contribution in [0.25, 0.3) is 0 Å². The molecule has 1 atom stereocenters. The normalized spacial score (nSPS) is 12.7. The Morgan fingerprint density at radius 1 is 1.19 bits per heavy atom. The SMILES string of the molecule is Cc1cccc(C[C@H](CC(=O)/C(=N\O)c2ccc(CN)cc2)B(O)O)c1O. The smallest absolute Gasteiger partial charge is 0.455 e. The molecule has 6 N–H and O–H groups in total. The number of Topliss-reactive ketones (excluding diaryl/α,β-unsaturated/α-hetero) is 1. The Bertz CT molecular complexity index is 821. The van der Waals surface area contributed by atoms with Crippen molar-refractivity contribution in [2.24, 2.45) is 10.9 Å². The topological polar surface area (TPSA) is 136 Å². The quantitative estimate of drug-likeness (QED) is 0.206. The summed E-state index contributed by atoms with van der Waals surface area (Å²) in [6.07, 6.45) is -0.176. The van der Waals surface area contributed by atoms with Crippen molar-refractivity contribution in [1.82, 2.24) is 0 Å². The summed E-state index contributed by atoms with van der Waals surface area (Å²) in [4.78, 5) is 12.6.